The average molecular weight is 339 g/mol. The number of nitrogens with one attached hydrogen (secondary N) is 1. The van der Waals surface area contributed by atoms with Gasteiger partial charge in [-0.15, -0.1) is 0 Å². The van der Waals surface area contributed by atoms with E-state index in [1.165, 1.54) is 14.0 Å². The summed E-state index contributed by atoms with van der Waals surface area (Å²) in [5.41, 5.74) is -0.654. The fourth-order valence-corrected chi connectivity index (χ4v) is 2.69. The van der Waals surface area contributed by atoms with Gasteiger partial charge in [0.2, 0.25) is 17.2 Å². The Morgan fingerprint density at radius 3 is 2.44 bits per heavy atom. The number of carbonyl (C=O) groups is 2. The van der Waals surface area contributed by atoms with Gasteiger partial charge in [-0.3, -0.25) is 14.9 Å². The topological polar surface area (TPSA) is 84.9 Å². The highest BCUT2D eigenvalue weighted by Crippen LogP contribution is 2.41. The minimum Gasteiger partial charge on any atom is -0.501 e. The zero-order valence-corrected chi connectivity index (χ0v) is 13.8. The van der Waals surface area contributed by atoms with Gasteiger partial charge in [0.1, 0.15) is 5.75 Å². The zero-order valence-electron chi connectivity index (χ0n) is 13.8. The molecule has 1 aliphatic rings. The number of methoxy groups -OCH3 is 1. The first-order chi connectivity index (χ1) is 12.0. The molecule has 0 radical (unpaired) electrons. The molecule has 1 heterocycles. The Kier molecular flexibility index (Phi) is 4.19. The van der Waals surface area contributed by atoms with E-state index in [0.29, 0.717) is 16.9 Å². The molecule has 1 aliphatic heterocycles. The first-order valence-electron chi connectivity index (χ1n) is 7.64. The first kappa shape index (κ1) is 16.6. The van der Waals surface area contributed by atoms with Crippen molar-refractivity contribution >= 4 is 11.7 Å². The predicted octanol–water partition coefficient (Wildman–Crippen LogP) is 2.67. The molecule has 2 N–H and O–H groups in total. The predicted molar refractivity (Wildman–Crippen MR) is 90.0 cm³/mol. The molecule has 2 aromatic rings. The molecule has 0 saturated carbocycles. The van der Waals surface area contributed by atoms with Crippen molar-refractivity contribution in [3.8, 4) is 5.75 Å². The molecule has 1 unspecified atom stereocenters. The normalized spacial score (nSPS) is 19.5. The van der Waals surface area contributed by atoms with Crippen molar-refractivity contribution in [1.29, 1.82) is 0 Å². The molecule has 6 nitrogen and oxygen atoms in total. The summed E-state index contributed by atoms with van der Waals surface area (Å²) in [5, 5.41) is 12.6. The second-order valence-electron chi connectivity index (χ2n) is 5.66. The van der Waals surface area contributed by atoms with Gasteiger partial charge in [-0.2, -0.15) is 0 Å². The van der Waals surface area contributed by atoms with Crippen LogP contribution in [-0.2, 0) is 15.1 Å². The molecule has 0 aliphatic carbocycles. The van der Waals surface area contributed by atoms with Gasteiger partial charge in [-0.1, -0.05) is 36.4 Å². The van der Waals surface area contributed by atoms with Gasteiger partial charge in [0, 0.05) is 11.1 Å². The third-order valence-corrected chi connectivity index (χ3v) is 4.05. The van der Waals surface area contributed by atoms with Crippen LogP contribution >= 0.6 is 0 Å². The van der Waals surface area contributed by atoms with E-state index in [1.54, 1.807) is 54.6 Å². The van der Waals surface area contributed by atoms with E-state index >= 15 is 0 Å². The Bertz CT molecular complexity index is 859. The lowest BCUT2D eigenvalue weighted by atomic mass is 9.91. The highest BCUT2D eigenvalue weighted by molar-refractivity contribution is 6.04. The van der Waals surface area contributed by atoms with Crippen molar-refractivity contribution in [2.24, 2.45) is 0 Å². The molecule has 0 saturated heterocycles. The number of amides is 1. The molecular weight excluding hydrogens is 322 g/mol. The summed E-state index contributed by atoms with van der Waals surface area (Å²) >= 11 is 0. The van der Waals surface area contributed by atoms with E-state index in [9.17, 15) is 14.7 Å². The minimum absolute atomic E-state index is 0.271. The number of ether oxygens (including phenoxy) is 2. The maximum atomic E-state index is 12.6. The Morgan fingerprint density at radius 1 is 1.12 bits per heavy atom. The number of rotatable bonds is 4. The van der Waals surface area contributed by atoms with Gasteiger partial charge < -0.3 is 14.6 Å². The molecular formula is C19H17NO5. The van der Waals surface area contributed by atoms with Crippen molar-refractivity contribution in [2.45, 2.75) is 12.5 Å². The smallest absolute Gasteiger partial charge is 0.258 e. The number of Topliss-reactive ketones (excluding diaryl/α,β-unsaturated/α-hetero) is 1. The van der Waals surface area contributed by atoms with Crippen LogP contribution in [0.15, 0.2) is 66.2 Å². The van der Waals surface area contributed by atoms with Crippen LogP contribution in [0.1, 0.15) is 22.8 Å². The second kappa shape index (κ2) is 6.32. The van der Waals surface area contributed by atoms with E-state index in [0.717, 1.165) is 0 Å². The van der Waals surface area contributed by atoms with Gasteiger partial charge >= 0.3 is 0 Å². The second-order valence-corrected chi connectivity index (χ2v) is 5.66. The average Bonchev–Trinajstić information content (AvgIpc) is 2.87. The van der Waals surface area contributed by atoms with Crippen molar-refractivity contribution in [1.82, 2.24) is 5.32 Å². The van der Waals surface area contributed by atoms with Gasteiger partial charge in [-0.05, 0) is 25.1 Å². The summed E-state index contributed by atoms with van der Waals surface area (Å²) in [6.45, 7) is 1.52. The molecule has 128 valence electrons. The largest absolute Gasteiger partial charge is 0.501 e. The standard InChI is InChI=1S/C19H17NO5/c1-19(13-10-6-7-11-14(13)24-2)16(22)15(21)18(25-19)20-17(23)12-8-4-3-5-9-12/h3-11,21H,1-2H3,(H,20,23). The molecule has 0 aromatic heterocycles. The van der Waals surface area contributed by atoms with Crippen molar-refractivity contribution in [3.05, 3.63) is 77.4 Å². The van der Waals surface area contributed by atoms with Crippen molar-refractivity contribution in [3.63, 3.8) is 0 Å². The number of carbonyl (C=O) groups excluding carboxylic acids is 2. The quantitative estimate of drug-likeness (QED) is 0.894. The van der Waals surface area contributed by atoms with E-state index < -0.39 is 23.1 Å². The summed E-state index contributed by atoms with van der Waals surface area (Å²) in [5.74, 6) is -1.59. The summed E-state index contributed by atoms with van der Waals surface area (Å²) in [7, 11) is 1.48. The monoisotopic (exact) mass is 339 g/mol. The third kappa shape index (κ3) is 2.82. The Balaban J connectivity index is 1.89. The van der Waals surface area contributed by atoms with E-state index in [1.807, 2.05) is 0 Å². The van der Waals surface area contributed by atoms with Crippen molar-refractivity contribution in [2.75, 3.05) is 7.11 Å². The highest BCUT2D eigenvalue weighted by atomic mass is 16.5. The molecule has 0 spiro atoms. The lowest BCUT2D eigenvalue weighted by molar-refractivity contribution is -0.131. The van der Waals surface area contributed by atoms with Crippen molar-refractivity contribution < 1.29 is 24.2 Å². The SMILES string of the molecule is COc1ccccc1C1(C)OC(NC(=O)c2ccccc2)=C(O)C1=O. The Morgan fingerprint density at radius 2 is 1.76 bits per heavy atom. The van der Waals surface area contributed by atoms with Gasteiger partial charge in [0.15, 0.2) is 0 Å². The molecule has 2 aromatic carbocycles. The fourth-order valence-electron chi connectivity index (χ4n) is 2.69. The molecule has 25 heavy (non-hydrogen) atoms. The summed E-state index contributed by atoms with van der Waals surface area (Å²) in [4.78, 5) is 24.8. The number of ketones is 1. The molecule has 6 heteroatoms. The Labute approximate surface area is 144 Å². The summed E-state index contributed by atoms with van der Waals surface area (Å²) in [6.07, 6.45) is 0. The maximum Gasteiger partial charge on any atom is 0.258 e. The van der Waals surface area contributed by atoms with Gasteiger partial charge in [-0.25, -0.2) is 0 Å². The lowest BCUT2D eigenvalue weighted by Crippen LogP contribution is -2.32. The fraction of sp³-hybridized carbons (Fsp3) is 0.158. The number of hydrogen-bond donors (Lipinski definition) is 2. The van der Waals surface area contributed by atoms with Crippen LogP contribution < -0.4 is 10.1 Å². The van der Waals surface area contributed by atoms with Crippen LogP contribution in [0.5, 0.6) is 5.75 Å². The van der Waals surface area contributed by atoms with Gasteiger partial charge in [0.05, 0.1) is 7.11 Å². The molecule has 1 atom stereocenters. The zero-order chi connectivity index (χ0) is 18.0. The van der Waals surface area contributed by atoms with E-state index in [2.05, 4.69) is 5.32 Å². The number of para-hydroxylation sites is 1. The molecule has 1 amide bonds. The van der Waals surface area contributed by atoms with E-state index in [-0.39, 0.29) is 5.88 Å². The van der Waals surface area contributed by atoms with Crippen LogP contribution in [0.25, 0.3) is 0 Å². The molecule has 0 fully saturated rings. The highest BCUT2D eigenvalue weighted by Gasteiger charge is 2.49. The number of benzene rings is 2. The third-order valence-electron chi connectivity index (χ3n) is 4.05. The van der Waals surface area contributed by atoms with Crippen LogP contribution in [0.3, 0.4) is 0 Å². The molecule has 3 rings (SSSR count). The summed E-state index contributed by atoms with van der Waals surface area (Å²) < 4.78 is 10.9. The number of aliphatic hydroxyl groups excluding tert-OH is 1. The minimum atomic E-state index is -1.49. The van der Waals surface area contributed by atoms with Crippen LogP contribution in [0, 0.1) is 0 Å². The van der Waals surface area contributed by atoms with Crippen LogP contribution in [0.2, 0.25) is 0 Å². The Hall–Kier alpha value is -3.28. The lowest BCUT2D eigenvalue weighted by Gasteiger charge is -2.25. The van der Waals surface area contributed by atoms with E-state index in [4.69, 9.17) is 9.47 Å². The number of aliphatic hydroxyl groups is 1. The summed E-state index contributed by atoms with van der Waals surface area (Å²) in [6, 6.07) is 15.3. The van der Waals surface area contributed by atoms with Gasteiger partial charge in [0.25, 0.3) is 11.7 Å². The van der Waals surface area contributed by atoms with Crippen LogP contribution in [0.4, 0.5) is 0 Å². The van der Waals surface area contributed by atoms with Crippen LogP contribution in [-0.4, -0.2) is 23.9 Å². The maximum absolute atomic E-state index is 12.6. The first-order valence-corrected chi connectivity index (χ1v) is 7.64. The molecule has 0 bridgehead atoms. The number of hydrogen-bond acceptors (Lipinski definition) is 5.